The summed E-state index contributed by atoms with van der Waals surface area (Å²) in [6, 6.07) is -0.806. The van der Waals surface area contributed by atoms with Crippen molar-refractivity contribution in [3.63, 3.8) is 0 Å². The van der Waals surface area contributed by atoms with Gasteiger partial charge in [-0.3, -0.25) is 9.59 Å². The highest BCUT2D eigenvalue weighted by Gasteiger charge is 2.37. The number of carbonyl (C=O) groups is 2. The molecule has 5 nitrogen and oxygen atoms in total. The van der Waals surface area contributed by atoms with Gasteiger partial charge < -0.3 is 10.2 Å². The van der Waals surface area contributed by atoms with Crippen molar-refractivity contribution >= 4 is 23.2 Å². The Bertz CT molecular complexity index is 486. The Kier molecular flexibility index (Phi) is 4.19. The van der Waals surface area contributed by atoms with Gasteiger partial charge in [0.1, 0.15) is 17.1 Å². The number of nitrogens with zero attached hydrogens (tertiary/aromatic N) is 2. The van der Waals surface area contributed by atoms with E-state index in [0.717, 1.165) is 16.3 Å². The minimum atomic E-state index is -0.426. The molecule has 0 aliphatic carbocycles. The van der Waals surface area contributed by atoms with Gasteiger partial charge in [-0.1, -0.05) is 13.3 Å². The molecular weight excluding hydrogens is 262 g/mol. The Hall–Kier alpha value is -1.43. The van der Waals surface area contributed by atoms with Crippen molar-refractivity contribution < 1.29 is 9.59 Å². The van der Waals surface area contributed by atoms with Gasteiger partial charge in [0.2, 0.25) is 11.8 Å². The fourth-order valence-corrected chi connectivity index (χ4v) is 2.99. The number of hydrogen-bond donors (Lipinski definition) is 1. The topological polar surface area (TPSA) is 62.3 Å². The van der Waals surface area contributed by atoms with E-state index in [1.165, 1.54) is 0 Å². The number of piperazine rings is 1. The smallest absolute Gasteiger partial charge is 0.246 e. The van der Waals surface area contributed by atoms with E-state index in [1.54, 1.807) is 29.4 Å². The minimum Gasteiger partial charge on any atom is -0.343 e. The summed E-state index contributed by atoms with van der Waals surface area (Å²) < 4.78 is 0. The average molecular weight is 281 g/mol. The first kappa shape index (κ1) is 14.0. The van der Waals surface area contributed by atoms with Crippen LogP contribution in [0.25, 0.3) is 0 Å². The number of carbonyl (C=O) groups excluding carboxylic acids is 2. The van der Waals surface area contributed by atoms with Gasteiger partial charge in [-0.25, -0.2) is 4.98 Å². The largest absolute Gasteiger partial charge is 0.343 e. The van der Waals surface area contributed by atoms with Crippen molar-refractivity contribution in [1.29, 1.82) is 0 Å². The summed E-state index contributed by atoms with van der Waals surface area (Å²) >= 11 is 1.56. The van der Waals surface area contributed by atoms with Gasteiger partial charge in [-0.15, -0.1) is 11.3 Å². The molecule has 19 heavy (non-hydrogen) atoms. The van der Waals surface area contributed by atoms with Crippen molar-refractivity contribution in [2.75, 3.05) is 0 Å². The molecule has 1 saturated heterocycles. The number of nitrogens with one attached hydrogen (secondary N) is 1. The lowest BCUT2D eigenvalue weighted by Gasteiger charge is -2.36. The second kappa shape index (κ2) is 5.69. The highest BCUT2D eigenvalue weighted by Crippen LogP contribution is 2.19. The van der Waals surface area contributed by atoms with Crippen LogP contribution in [-0.2, 0) is 16.1 Å². The molecule has 0 spiro atoms. The van der Waals surface area contributed by atoms with E-state index in [1.807, 2.05) is 13.8 Å². The molecule has 0 aromatic carbocycles. The molecule has 2 unspecified atom stereocenters. The third-order valence-electron chi connectivity index (χ3n) is 3.30. The van der Waals surface area contributed by atoms with Gasteiger partial charge in [-0.2, -0.15) is 0 Å². The molecule has 1 aliphatic rings. The van der Waals surface area contributed by atoms with Crippen molar-refractivity contribution in [2.24, 2.45) is 0 Å². The normalized spacial score (nSPS) is 23.6. The molecule has 104 valence electrons. The van der Waals surface area contributed by atoms with Crippen LogP contribution >= 0.6 is 11.3 Å². The molecule has 1 aliphatic heterocycles. The SMILES string of the molecule is CCCC1NC(=O)C(C)N(Cc2ncc(C)s2)C1=O. The van der Waals surface area contributed by atoms with E-state index < -0.39 is 6.04 Å². The van der Waals surface area contributed by atoms with Gasteiger partial charge in [0.05, 0.1) is 6.54 Å². The Labute approximate surface area is 117 Å². The van der Waals surface area contributed by atoms with Gasteiger partial charge in [0.25, 0.3) is 0 Å². The molecule has 1 N–H and O–H groups in total. The molecule has 2 amide bonds. The molecule has 1 aromatic rings. The minimum absolute atomic E-state index is 0.00167. The van der Waals surface area contributed by atoms with Gasteiger partial charge in [-0.05, 0) is 20.3 Å². The van der Waals surface area contributed by atoms with Gasteiger partial charge in [0.15, 0.2) is 0 Å². The predicted molar refractivity (Wildman–Crippen MR) is 73.7 cm³/mol. The Morgan fingerprint density at radius 2 is 2.21 bits per heavy atom. The maximum Gasteiger partial charge on any atom is 0.246 e. The maximum atomic E-state index is 12.4. The van der Waals surface area contributed by atoms with Crippen molar-refractivity contribution in [1.82, 2.24) is 15.2 Å². The van der Waals surface area contributed by atoms with E-state index >= 15 is 0 Å². The van der Waals surface area contributed by atoms with E-state index in [0.29, 0.717) is 13.0 Å². The lowest BCUT2D eigenvalue weighted by Crippen LogP contribution is -2.61. The first-order valence-electron chi connectivity index (χ1n) is 6.55. The van der Waals surface area contributed by atoms with Crippen molar-refractivity contribution in [3.8, 4) is 0 Å². The van der Waals surface area contributed by atoms with Crippen LogP contribution in [0.2, 0.25) is 0 Å². The lowest BCUT2D eigenvalue weighted by atomic mass is 10.0. The van der Waals surface area contributed by atoms with E-state index in [-0.39, 0.29) is 17.9 Å². The zero-order valence-corrected chi connectivity index (χ0v) is 12.3. The van der Waals surface area contributed by atoms with Crippen LogP contribution in [-0.4, -0.2) is 33.8 Å². The Morgan fingerprint density at radius 3 is 2.79 bits per heavy atom. The molecule has 2 rings (SSSR count). The first-order valence-corrected chi connectivity index (χ1v) is 7.36. The average Bonchev–Trinajstić information content (AvgIpc) is 2.77. The summed E-state index contributed by atoms with van der Waals surface area (Å²) in [5.41, 5.74) is 0. The lowest BCUT2D eigenvalue weighted by molar-refractivity contribution is -0.149. The molecule has 1 fully saturated rings. The first-order chi connectivity index (χ1) is 9.02. The number of thiazole rings is 1. The fraction of sp³-hybridized carbons (Fsp3) is 0.615. The molecule has 0 saturated carbocycles. The van der Waals surface area contributed by atoms with Crippen LogP contribution in [0, 0.1) is 6.92 Å². The van der Waals surface area contributed by atoms with Crippen LogP contribution in [0.1, 0.15) is 36.6 Å². The number of rotatable bonds is 4. The summed E-state index contributed by atoms with van der Waals surface area (Å²) in [7, 11) is 0. The Morgan fingerprint density at radius 1 is 1.47 bits per heavy atom. The molecule has 1 aromatic heterocycles. The van der Waals surface area contributed by atoms with Crippen LogP contribution in [0.3, 0.4) is 0 Å². The number of hydrogen-bond acceptors (Lipinski definition) is 4. The van der Waals surface area contributed by atoms with E-state index in [4.69, 9.17) is 0 Å². The summed E-state index contributed by atoms with van der Waals surface area (Å²) in [5, 5.41) is 3.67. The zero-order valence-electron chi connectivity index (χ0n) is 11.5. The predicted octanol–water partition coefficient (Wildman–Crippen LogP) is 1.47. The van der Waals surface area contributed by atoms with Crippen LogP contribution in [0.4, 0.5) is 0 Å². The molecule has 2 atom stereocenters. The fourth-order valence-electron chi connectivity index (χ4n) is 2.21. The maximum absolute atomic E-state index is 12.4. The highest BCUT2D eigenvalue weighted by atomic mass is 32.1. The van der Waals surface area contributed by atoms with Crippen molar-refractivity contribution in [3.05, 3.63) is 16.1 Å². The molecule has 6 heteroatoms. The number of amides is 2. The van der Waals surface area contributed by atoms with Crippen LogP contribution in [0.5, 0.6) is 0 Å². The second-order valence-corrected chi connectivity index (χ2v) is 6.18. The molecular formula is C13H19N3O2S. The molecule has 2 heterocycles. The quantitative estimate of drug-likeness (QED) is 0.909. The zero-order chi connectivity index (χ0) is 14.0. The van der Waals surface area contributed by atoms with E-state index in [9.17, 15) is 9.59 Å². The van der Waals surface area contributed by atoms with Crippen LogP contribution < -0.4 is 5.32 Å². The van der Waals surface area contributed by atoms with Gasteiger partial charge >= 0.3 is 0 Å². The second-order valence-electron chi connectivity index (χ2n) is 4.86. The highest BCUT2D eigenvalue weighted by molar-refractivity contribution is 7.11. The number of aryl methyl sites for hydroxylation is 1. The third-order valence-corrected chi connectivity index (χ3v) is 4.19. The monoisotopic (exact) mass is 281 g/mol. The van der Waals surface area contributed by atoms with E-state index in [2.05, 4.69) is 10.3 Å². The molecule has 0 bridgehead atoms. The Balaban J connectivity index is 2.15. The van der Waals surface area contributed by atoms with Gasteiger partial charge in [0, 0.05) is 11.1 Å². The summed E-state index contributed by atoms with van der Waals surface area (Å²) in [5.74, 6) is -0.0758. The summed E-state index contributed by atoms with van der Waals surface area (Å²) in [6.45, 7) is 6.17. The third kappa shape index (κ3) is 2.94. The molecule has 0 radical (unpaired) electrons. The van der Waals surface area contributed by atoms with Crippen molar-refractivity contribution in [2.45, 2.75) is 52.2 Å². The summed E-state index contributed by atoms with van der Waals surface area (Å²) in [6.07, 6.45) is 3.35. The standard InChI is InChI=1S/C13H19N3O2S/c1-4-5-10-13(18)16(9(3)12(17)15-10)7-11-14-6-8(2)19-11/h6,9-10H,4-5,7H2,1-3H3,(H,15,17). The van der Waals surface area contributed by atoms with Crippen LogP contribution in [0.15, 0.2) is 6.20 Å². The number of aromatic nitrogens is 1. The summed E-state index contributed by atoms with van der Waals surface area (Å²) in [4.78, 5) is 31.3.